The Morgan fingerprint density at radius 1 is 1.43 bits per heavy atom. The summed E-state index contributed by atoms with van der Waals surface area (Å²) in [4.78, 5) is 19.6. The number of carbonyl (C=O) groups excluding carboxylic acids is 1. The van der Waals surface area contributed by atoms with Crippen LogP contribution in [0.2, 0.25) is 0 Å². The molecule has 7 heteroatoms. The van der Waals surface area contributed by atoms with Gasteiger partial charge in [-0.3, -0.25) is 4.79 Å². The van der Waals surface area contributed by atoms with Crippen molar-refractivity contribution in [3.05, 3.63) is 48.0 Å². The third-order valence-corrected chi connectivity index (χ3v) is 5.01. The molecule has 1 fully saturated rings. The molecule has 3 aromatic heterocycles. The summed E-state index contributed by atoms with van der Waals surface area (Å²) in [5.41, 5.74) is 0.375. The van der Waals surface area contributed by atoms with Crippen molar-refractivity contribution in [2.24, 2.45) is 0 Å². The zero-order chi connectivity index (χ0) is 15.6. The summed E-state index contributed by atoms with van der Waals surface area (Å²) >= 11 is 1.57. The normalized spacial score (nSPS) is 18.3. The standard InChI is InChI=1S/C16H16N4O2S/c21-16(13-9-14(22-18-13)15-4-2-8-23-15)19-6-1-3-12(10-19)20-7-5-17-11-20/h2,4-5,7-9,11-12H,1,3,6,10H2/t12-/m1/s1. The fourth-order valence-electron chi connectivity index (χ4n) is 2.94. The molecule has 0 radical (unpaired) electrons. The number of amides is 1. The minimum absolute atomic E-state index is 0.0682. The third-order valence-electron chi connectivity index (χ3n) is 4.12. The van der Waals surface area contributed by atoms with Gasteiger partial charge in [0.25, 0.3) is 5.91 Å². The monoisotopic (exact) mass is 328 g/mol. The molecular formula is C16H16N4O2S. The van der Waals surface area contributed by atoms with E-state index in [9.17, 15) is 4.79 Å². The summed E-state index contributed by atoms with van der Waals surface area (Å²) < 4.78 is 7.39. The zero-order valence-electron chi connectivity index (χ0n) is 12.5. The van der Waals surface area contributed by atoms with Crippen LogP contribution < -0.4 is 0 Å². The molecule has 6 nitrogen and oxygen atoms in total. The first-order valence-corrected chi connectivity index (χ1v) is 8.46. The van der Waals surface area contributed by atoms with Crippen LogP contribution in [0.3, 0.4) is 0 Å². The van der Waals surface area contributed by atoms with Gasteiger partial charge in [0.15, 0.2) is 11.5 Å². The van der Waals surface area contributed by atoms with E-state index in [4.69, 9.17) is 4.52 Å². The minimum atomic E-state index is -0.0682. The highest BCUT2D eigenvalue weighted by Gasteiger charge is 2.27. The number of thiophene rings is 1. The van der Waals surface area contributed by atoms with E-state index in [1.165, 1.54) is 0 Å². The molecule has 0 N–H and O–H groups in total. The highest BCUT2D eigenvalue weighted by Crippen LogP contribution is 2.27. The molecule has 3 aromatic rings. The number of rotatable bonds is 3. The van der Waals surface area contributed by atoms with Crippen LogP contribution in [0.4, 0.5) is 0 Å². The first-order chi connectivity index (χ1) is 11.3. The van der Waals surface area contributed by atoms with Crippen LogP contribution in [0.5, 0.6) is 0 Å². The van der Waals surface area contributed by atoms with E-state index >= 15 is 0 Å². The van der Waals surface area contributed by atoms with Crippen LogP contribution in [0.15, 0.2) is 46.8 Å². The lowest BCUT2D eigenvalue weighted by atomic mass is 10.1. The van der Waals surface area contributed by atoms with Crippen molar-refractivity contribution in [3.63, 3.8) is 0 Å². The summed E-state index contributed by atoms with van der Waals surface area (Å²) in [5, 5.41) is 5.93. The van der Waals surface area contributed by atoms with Crippen LogP contribution in [-0.2, 0) is 0 Å². The third kappa shape index (κ3) is 2.79. The smallest absolute Gasteiger partial charge is 0.276 e. The van der Waals surface area contributed by atoms with Gasteiger partial charge in [-0.25, -0.2) is 4.98 Å². The Hall–Kier alpha value is -2.41. The number of imidazole rings is 1. The molecule has 23 heavy (non-hydrogen) atoms. The molecule has 4 heterocycles. The number of likely N-dealkylation sites (tertiary alicyclic amines) is 1. The average Bonchev–Trinajstić information content (AvgIpc) is 3.36. The van der Waals surface area contributed by atoms with Gasteiger partial charge < -0.3 is 14.0 Å². The second kappa shape index (κ2) is 6.00. The minimum Gasteiger partial charge on any atom is -0.355 e. The first-order valence-electron chi connectivity index (χ1n) is 7.58. The molecule has 1 amide bonds. The molecule has 1 saturated heterocycles. The number of aromatic nitrogens is 3. The molecule has 1 aliphatic rings. The van der Waals surface area contributed by atoms with Crippen molar-refractivity contribution in [2.75, 3.05) is 13.1 Å². The summed E-state index contributed by atoms with van der Waals surface area (Å²) in [6, 6.07) is 5.91. The van der Waals surface area contributed by atoms with E-state index < -0.39 is 0 Å². The van der Waals surface area contributed by atoms with Crippen LogP contribution >= 0.6 is 11.3 Å². The molecule has 0 spiro atoms. The van der Waals surface area contributed by atoms with E-state index in [0.29, 0.717) is 18.0 Å². The van der Waals surface area contributed by atoms with E-state index in [0.717, 1.165) is 24.3 Å². The summed E-state index contributed by atoms with van der Waals surface area (Å²) in [5.74, 6) is 0.577. The van der Waals surface area contributed by atoms with Crippen molar-refractivity contribution in [3.8, 4) is 10.6 Å². The SMILES string of the molecule is O=C(c1cc(-c2cccs2)on1)N1CCC[C@@H](n2ccnc2)C1. The second-order valence-corrected chi connectivity index (χ2v) is 6.56. The second-order valence-electron chi connectivity index (χ2n) is 5.61. The predicted molar refractivity (Wildman–Crippen MR) is 86.2 cm³/mol. The van der Waals surface area contributed by atoms with E-state index in [-0.39, 0.29) is 11.9 Å². The topological polar surface area (TPSA) is 64.2 Å². The molecule has 1 aliphatic heterocycles. The van der Waals surface area contributed by atoms with Gasteiger partial charge >= 0.3 is 0 Å². The number of hydrogen-bond acceptors (Lipinski definition) is 5. The van der Waals surface area contributed by atoms with Crippen molar-refractivity contribution < 1.29 is 9.32 Å². The van der Waals surface area contributed by atoms with Gasteiger partial charge in [-0.1, -0.05) is 11.2 Å². The fraction of sp³-hybridized carbons (Fsp3) is 0.312. The van der Waals surface area contributed by atoms with Crippen molar-refractivity contribution >= 4 is 17.2 Å². The number of piperidine rings is 1. The molecule has 0 bridgehead atoms. The van der Waals surface area contributed by atoms with Crippen LogP contribution in [0.1, 0.15) is 29.4 Å². The van der Waals surface area contributed by atoms with Gasteiger partial charge in [0, 0.05) is 31.5 Å². The molecule has 4 rings (SSSR count). The predicted octanol–water partition coefficient (Wildman–Crippen LogP) is 3.08. The van der Waals surface area contributed by atoms with Crippen molar-refractivity contribution in [2.45, 2.75) is 18.9 Å². The lowest BCUT2D eigenvalue weighted by molar-refractivity contribution is 0.0669. The van der Waals surface area contributed by atoms with Crippen molar-refractivity contribution in [1.82, 2.24) is 19.6 Å². The summed E-state index contributed by atoms with van der Waals surface area (Å²) in [6.07, 6.45) is 7.56. The maximum absolute atomic E-state index is 12.7. The Balaban J connectivity index is 1.50. The van der Waals surface area contributed by atoms with Gasteiger partial charge in [-0.15, -0.1) is 11.3 Å². The van der Waals surface area contributed by atoms with Gasteiger partial charge in [-0.2, -0.15) is 0 Å². The molecule has 0 unspecified atom stereocenters. The molecule has 118 valence electrons. The first kappa shape index (κ1) is 14.2. The van der Waals surface area contributed by atoms with Gasteiger partial charge in [0.05, 0.1) is 17.2 Å². The Bertz CT molecular complexity index is 779. The van der Waals surface area contributed by atoms with Gasteiger partial charge in [0.1, 0.15) is 0 Å². The summed E-state index contributed by atoms with van der Waals surface area (Å²) in [7, 11) is 0. The Morgan fingerprint density at radius 2 is 2.39 bits per heavy atom. The Labute approximate surface area is 137 Å². The quantitative estimate of drug-likeness (QED) is 0.741. The highest BCUT2D eigenvalue weighted by atomic mass is 32.1. The maximum atomic E-state index is 12.7. The Morgan fingerprint density at radius 3 is 3.17 bits per heavy atom. The molecule has 0 aromatic carbocycles. The highest BCUT2D eigenvalue weighted by molar-refractivity contribution is 7.13. The lowest BCUT2D eigenvalue weighted by Crippen LogP contribution is -2.40. The van der Waals surface area contributed by atoms with Crippen LogP contribution in [-0.4, -0.2) is 38.6 Å². The van der Waals surface area contributed by atoms with E-state index in [2.05, 4.69) is 14.7 Å². The fourth-order valence-corrected chi connectivity index (χ4v) is 3.61. The van der Waals surface area contributed by atoms with Crippen molar-refractivity contribution in [1.29, 1.82) is 0 Å². The average molecular weight is 328 g/mol. The van der Waals surface area contributed by atoms with Crippen LogP contribution in [0, 0.1) is 0 Å². The zero-order valence-corrected chi connectivity index (χ0v) is 13.3. The number of hydrogen-bond donors (Lipinski definition) is 0. The summed E-state index contributed by atoms with van der Waals surface area (Å²) in [6.45, 7) is 1.43. The number of carbonyl (C=O) groups is 1. The van der Waals surface area contributed by atoms with E-state index in [1.54, 1.807) is 23.6 Å². The maximum Gasteiger partial charge on any atom is 0.276 e. The molecule has 0 aliphatic carbocycles. The van der Waals surface area contributed by atoms with Gasteiger partial charge in [0.2, 0.25) is 0 Å². The molecule has 0 saturated carbocycles. The molecule has 1 atom stereocenters. The van der Waals surface area contributed by atoms with Crippen LogP contribution in [0.25, 0.3) is 10.6 Å². The molecular weight excluding hydrogens is 312 g/mol. The number of nitrogens with zero attached hydrogens (tertiary/aromatic N) is 4. The largest absolute Gasteiger partial charge is 0.355 e. The van der Waals surface area contributed by atoms with E-state index in [1.807, 2.05) is 34.9 Å². The Kier molecular flexibility index (Phi) is 3.70. The lowest BCUT2D eigenvalue weighted by Gasteiger charge is -2.32. The van der Waals surface area contributed by atoms with Gasteiger partial charge in [-0.05, 0) is 24.3 Å².